The SMILES string of the molecule is CC(CNC(=O)NC1(CC(=O)O)CCCCC1)C1CC1. The van der Waals surface area contributed by atoms with Crippen molar-refractivity contribution in [1.82, 2.24) is 10.6 Å². The second-order valence-corrected chi connectivity index (χ2v) is 6.56. The molecule has 3 N–H and O–H groups in total. The second kappa shape index (κ2) is 6.46. The van der Waals surface area contributed by atoms with E-state index in [1.165, 1.54) is 12.8 Å². The minimum Gasteiger partial charge on any atom is -0.481 e. The Bertz CT molecular complexity index is 360. The van der Waals surface area contributed by atoms with Crippen LogP contribution >= 0.6 is 0 Å². The van der Waals surface area contributed by atoms with E-state index in [1.54, 1.807) is 0 Å². The highest BCUT2D eigenvalue weighted by Gasteiger charge is 2.36. The zero-order valence-corrected chi connectivity index (χ0v) is 12.3. The summed E-state index contributed by atoms with van der Waals surface area (Å²) < 4.78 is 0. The molecule has 5 nitrogen and oxygen atoms in total. The van der Waals surface area contributed by atoms with Crippen LogP contribution in [0, 0.1) is 11.8 Å². The van der Waals surface area contributed by atoms with Crippen molar-refractivity contribution in [3.8, 4) is 0 Å². The molecule has 20 heavy (non-hydrogen) atoms. The van der Waals surface area contributed by atoms with E-state index in [2.05, 4.69) is 17.6 Å². The van der Waals surface area contributed by atoms with Gasteiger partial charge in [0.1, 0.15) is 0 Å². The molecule has 2 saturated carbocycles. The molecule has 2 fully saturated rings. The molecular formula is C15H26N2O3. The summed E-state index contributed by atoms with van der Waals surface area (Å²) in [6.45, 7) is 2.84. The van der Waals surface area contributed by atoms with Gasteiger partial charge in [-0.3, -0.25) is 4.79 Å². The standard InChI is InChI=1S/C15H26N2O3/c1-11(12-5-6-12)10-16-14(20)17-15(9-13(18)19)7-3-2-4-8-15/h11-12H,2-10H2,1H3,(H,18,19)(H2,16,17,20). The molecule has 2 aliphatic carbocycles. The third-order valence-corrected chi connectivity index (χ3v) is 4.69. The summed E-state index contributed by atoms with van der Waals surface area (Å²) in [5.74, 6) is 0.444. The average Bonchev–Trinajstić information content (AvgIpc) is 3.20. The average molecular weight is 282 g/mol. The van der Waals surface area contributed by atoms with Gasteiger partial charge >= 0.3 is 12.0 Å². The van der Waals surface area contributed by atoms with Gasteiger partial charge in [-0.2, -0.15) is 0 Å². The molecule has 5 heteroatoms. The van der Waals surface area contributed by atoms with Crippen LogP contribution in [0.25, 0.3) is 0 Å². The van der Waals surface area contributed by atoms with Crippen molar-refractivity contribution >= 4 is 12.0 Å². The van der Waals surface area contributed by atoms with E-state index in [1.807, 2.05) is 0 Å². The van der Waals surface area contributed by atoms with Gasteiger partial charge in [0.05, 0.1) is 12.0 Å². The maximum absolute atomic E-state index is 12.0. The van der Waals surface area contributed by atoms with Gasteiger partial charge in [0.2, 0.25) is 0 Å². The van der Waals surface area contributed by atoms with E-state index in [-0.39, 0.29) is 12.5 Å². The van der Waals surface area contributed by atoms with Crippen LogP contribution in [0.15, 0.2) is 0 Å². The van der Waals surface area contributed by atoms with Gasteiger partial charge in [0, 0.05) is 6.54 Å². The molecule has 0 radical (unpaired) electrons. The highest BCUT2D eigenvalue weighted by Crippen LogP contribution is 2.36. The first kappa shape index (κ1) is 15.1. The number of hydrogen-bond acceptors (Lipinski definition) is 2. The molecule has 2 amide bonds. The van der Waals surface area contributed by atoms with Crippen LogP contribution in [0.4, 0.5) is 4.79 Å². The van der Waals surface area contributed by atoms with Crippen LogP contribution in [-0.4, -0.2) is 29.2 Å². The lowest BCUT2D eigenvalue weighted by Gasteiger charge is -2.37. The Labute approximate surface area is 120 Å². The monoisotopic (exact) mass is 282 g/mol. The molecule has 1 unspecified atom stereocenters. The number of carbonyl (C=O) groups is 2. The largest absolute Gasteiger partial charge is 0.481 e. The van der Waals surface area contributed by atoms with Crippen molar-refractivity contribution in [2.75, 3.05) is 6.54 Å². The minimum atomic E-state index is -0.835. The molecule has 0 saturated heterocycles. The predicted octanol–water partition coefficient (Wildman–Crippen LogP) is 2.51. The van der Waals surface area contributed by atoms with Crippen LogP contribution in [-0.2, 0) is 4.79 Å². The normalized spacial score (nSPS) is 22.9. The lowest BCUT2D eigenvalue weighted by molar-refractivity contribution is -0.139. The van der Waals surface area contributed by atoms with Crippen molar-refractivity contribution in [2.24, 2.45) is 11.8 Å². The second-order valence-electron chi connectivity index (χ2n) is 6.56. The van der Waals surface area contributed by atoms with Crippen LogP contribution in [0.5, 0.6) is 0 Å². The van der Waals surface area contributed by atoms with E-state index >= 15 is 0 Å². The minimum absolute atomic E-state index is 0.0264. The summed E-state index contributed by atoms with van der Waals surface area (Å²) in [7, 11) is 0. The summed E-state index contributed by atoms with van der Waals surface area (Å²) in [4.78, 5) is 23.1. The van der Waals surface area contributed by atoms with Gasteiger partial charge in [-0.1, -0.05) is 26.2 Å². The molecule has 1 atom stereocenters. The Kier molecular flexibility index (Phi) is 4.89. The van der Waals surface area contributed by atoms with Gasteiger partial charge in [-0.15, -0.1) is 0 Å². The molecule has 2 aliphatic rings. The topological polar surface area (TPSA) is 78.4 Å². The van der Waals surface area contributed by atoms with Crippen molar-refractivity contribution in [2.45, 2.75) is 63.8 Å². The van der Waals surface area contributed by atoms with Gasteiger partial charge in [-0.05, 0) is 37.5 Å². The van der Waals surface area contributed by atoms with Crippen LogP contribution < -0.4 is 10.6 Å². The molecule has 2 rings (SSSR count). The Balaban J connectivity index is 1.82. The van der Waals surface area contributed by atoms with Gasteiger partial charge in [-0.25, -0.2) is 4.79 Å². The van der Waals surface area contributed by atoms with Crippen LogP contribution in [0.2, 0.25) is 0 Å². The van der Waals surface area contributed by atoms with E-state index in [9.17, 15) is 9.59 Å². The van der Waals surface area contributed by atoms with Crippen LogP contribution in [0.1, 0.15) is 58.3 Å². The van der Waals surface area contributed by atoms with Crippen molar-refractivity contribution < 1.29 is 14.7 Å². The van der Waals surface area contributed by atoms with Crippen molar-refractivity contribution in [3.63, 3.8) is 0 Å². The quantitative estimate of drug-likeness (QED) is 0.700. The highest BCUT2D eigenvalue weighted by atomic mass is 16.4. The lowest BCUT2D eigenvalue weighted by atomic mass is 9.79. The summed E-state index contributed by atoms with van der Waals surface area (Å²) >= 11 is 0. The maximum Gasteiger partial charge on any atom is 0.315 e. The van der Waals surface area contributed by atoms with E-state index < -0.39 is 11.5 Å². The first-order valence-electron chi connectivity index (χ1n) is 7.79. The number of amides is 2. The van der Waals surface area contributed by atoms with Crippen molar-refractivity contribution in [3.05, 3.63) is 0 Å². The van der Waals surface area contributed by atoms with Crippen LogP contribution in [0.3, 0.4) is 0 Å². The number of carboxylic acid groups (broad SMARTS) is 1. The smallest absolute Gasteiger partial charge is 0.315 e. The zero-order chi connectivity index (χ0) is 14.6. The number of urea groups is 1. The molecule has 0 spiro atoms. The summed E-state index contributed by atoms with van der Waals surface area (Å²) in [5.41, 5.74) is -0.545. The number of carbonyl (C=O) groups excluding carboxylic acids is 1. The Hall–Kier alpha value is -1.26. The van der Waals surface area contributed by atoms with Crippen molar-refractivity contribution in [1.29, 1.82) is 0 Å². The molecular weight excluding hydrogens is 256 g/mol. The third-order valence-electron chi connectivity index (χ3n) is 4.69. The number of aliphatic carboxylic acids is 1. The Morgan fingerprint density at radius 2 is 1.90 bits per heavy atom. The lowest BCUT2D eigenvalue weighted by Crippen LogP contribution is -2.54. The fourth-order valence-corrected chi connectivity index (χ4v) is 3.23. The fraction of sp³-hybridized carbons (Fsp3) is 0.867. The summed E-state index contributed by atoms with van der Waals surface area (Å²) in [5, 5.41) is 14.9. The highest BCUT2D eigenvalue weighted by molar-refractivity contribution is 5.76. The number of rotatable bonds is 6. The molecule has 0 aromatic heterocycles. The molecule has 114 valence electrons. The molecule has 0 aromatic rings. The Morgan fingerprint density at radius 1 is 1.25 bits per heavy atom. The van der Waals surface area contributed by atoms with E-state index in [0.717, 1.165) is 38.0 Å². The predicted molar refractivity (Wildman–Crippen MR) is 76.5 cm³/mol. The Morgan fingerprint density at radius 3 is 2.45 bits per heavy atom. The summed E-state index contributed by atoms with van der Waals surface area (Å²) in [6, 6.07) is -0.208. The fourth-order valence-electron chi connectivity index (χ4n) is 3.23. The summed E-state index contributed by atoms with van der Waals surface area (Å²) in [6.07, 6.45) is 7.22. The molecule has 0 heterocycles. The first-order valence-corrected chi connectivity index (χ1v) is 7.79. The van der Waals surface area contributed by atoms with Gasteiger partial charge < -0.3 is 15.7 Å². The number of hydrogen-bond donors (Lipinski definition) is 3. The third kappa shape index (κ3) is 4.39. The van der Waals surface area contributed by atoms with E-state index in [4.69, 9.17) is 5.11 Å². The molecule has 0 aromatic carbocycles. The maximum atomic E-state index is 12.0. The first-order chi connectivity index (χ1) is 9.51. The van der Waals surface area contributed by atoms with Gasteiger partial charge in [0.15, 0.2) is 0 Å². The molecule has 0 aliphatic heterocycles. The molecule has 0 bridgehead atoms. The van der Waals surface area contributed by atoms with E-state index in [0.29, 0.717) is 12.5 Å². The van der Waals surface area contributed by atoms with Gasteiger partial charge in [0.25, 0.3) is 0 Å². The number of carboxylic acids is 1. The zero-order valence-electron chi connectivity index (χ0n) is 12.3. The number of nitrogens with one attached hydrogen (secondary N) is 2.